The number of nitrogens with one attached hydrogen (secondary N) is 2. The highest BCUT2D eigenvalue weighted by molar-refractivity contribution is 5.89. The molecule has 20 heavy (non-hydrogen) atoms. The SMILES string of the molecule is C[C@H](NC(=O)CNC(=O)C(C)(C)C)C(=O)OC(C)(C)C. The number of carbonyl (C=O) groups is 3. The van der Waals surface area contributed by atoms with Gasteiger partial charge in [-0.15, -0.1) is 0 Å². The van der Waals surface area contributed by atoms with Crippen LogP contribution in [0.4, 0.5) is 0 Å². The average molecular weight is 286 g/mol. The number of esters is 1. The van der Waals surface area contributed by atoms with E-state index in [2.05, 4.69) is 10.6 Å². The van der Waals surface area contributed by atoms with Crippen LogP contribution in [0.25, 0.3) is 0 Å². The van der Waals surface area contributed by atoms with Gasteiger partial charge in [-0.1, -0.05) is 20.8 Å². The molecule has 6 heteroatoms. The quantitative estimate of drug-likeness (QED) is 0.755. The molecule has 0 saturated carbocycles. The summed E-state index contributed by atoms with van der Waals surface area (Å²) in [6, 6.07) is -0.756. The Morgan fingerprint density at radius 2 is 1.55 bits per heavy atom. The lowest BCUT2D eigenvalue weighted by Gasteiger charge is -2.23. The minimum atomic E-state index is -0.756. The predicted molar refractivity (Wildman–Crippen MR) is 75.9 cm³/mol. The molecule has 0 fully saturated rings. The zero-order chi connectivity index (χ0) is 16.1. The van der Waals surface area contributed by atoms with E-state index < -0.39 is 28.9 Å². The first-order chi connectivity index (χ1) is 8.83. The van der Waals surface area contributed by atoms with Gasteiger partial charge in [0, 0.05) is 5.41 Å². The molecule has 0 spiro atoms. The number of amides is 2. The van der Waals surface area contributed by atoms with Crippen molar-refractivity contribution in [3.05, 3.63) is 0 Å². The molecule has 0 aliphatic rings. The van der Waals surface area contributed by atoms with E-state index in [1.54, 1.807) is 41.5 Å². The molecule has 116 valence electrons. The third-order valence-electron chi connectivity index (χ3n) is 2.23. The largest absolute Gasteiger partial charge is 0.458 e. The third kappa shape index (κ3) is 7.76. The fourth-order valence-corrected chi connectivity index (χ4v) is 1.17. The lowest BCUT2D eigenvalue weighted by atomic mass is 9.96. The highest BCUT2D eigenvalue weighted by atomic mass is 16.6. The maximum absolute atomic E-state index is 11.7. The maximum Gasteiger partial charge on any atom is 0.328 e. The fourth-order valence-electron chi connectivity index (χ4n) is 1.17. The summed E-state index contributed by atoms with van der Waals surface area (Å²) in [5.74, 6) is -1.16. The summed E-state index contributed by atoms with van der Waals surface area (Å²) >= 11 is 0. The smallest absolute Gasteiger partial charge is 0.328 e. The molecule has 0 aromatic carbocycles. The summed E-state index contributed by atoms with van der Waals surface area (Å²) < 4.78 is 5.14. The molecule has 2 N–H and O–H groups in total. The minimum absolute atomic E-state index is 0.163. The summed E-state index contributed by atoms with van der Waals surface area (Å²) in [5.41, 5.74) is -1.16. The molecular formula is C14H26N2O4. The molecule has 0 rings (SSSR count). The van der Waals surface area contributed by atoms with E-state index >= 15 is 0 Å². The van der Waals surface area contributed by atoms with Gasteiger partial charge in [-0.3, -0.25) is 9.59 Å². The summed E-state index contributed by atoms with van der Waals surface area (Å²) in [7, 11) is 0. The van der Waals surface area contributed by atoms with Crippen LogP contribution in [0.3, 0.4) is 0 Å². The van der Waals surface area contributed by atoms with Crippen molar-refractivity contribution in [1.29, 1.82) is 0 Å². The van der Waals surface area contributed by atoms with E-state index in [1.165, 1.54) is 6.92 Å². The van der Waals surface area contributed by atoms with Gasteiger partial charge >= 0.3 is 5.97 Å². The van der Waals surface area contributed by atoms with Crippen molar-refractivity contribution in [3.63, 3.8) is 0 Å². The van der Waals surface area contributed by atoms with Gasteiger partial charge in [0.05, 0.1) is 6.54 Å². The van der Waals surface area contributed by atoms with Crippen LogP contribution in [0.5, 0.6) is 0 Å². The molecular weight excluding hydrogens is 260 g/mol. The number of rotatable bonds is 4. The van der Waals surface area contributed by atoms with Gasteiger partial charge in [-0.2, -0.15) is 0 Å². The van der Waals surface area contributed by atoms with Crippen LogP contribution < -0.4 is 10.6 Å². The van der Waals surface area contributed by atoms with Crippen LogP contribution in [0, 0.1) is 5.41 Å². The van der Waals surface area contributed by atoms with Gasteiger partial charge in [-0.05, 0) is 27.7 Å². The zero-order valence-corrected chi connectivity index (χ0v) is 13.4. The van der Waals surface area contributed by atoms with Crippen LogP contribution in [0.1, 0.15) is 48.5 Å². The van der Waals surface area contributed by atoms with Crippen molar-refractivity contribution in [2.45, 2.75) is 60.1 Å². The molecule has 0 saturated heterocycles. The molecule has 2 amide bonds. The van der Waals surface area contributed by atoms with Gasteiger partial charge in [0.25, 0.3) is 0 Å². The van der Waals surface area contributed by atoms with E-state index in [4.69, 9.17) is 4.74 Å². The second-order valence-corrected chi connectivity index (χ2v) is 6.76. The summed E-state index contributed by atoms with van der Waals surface area (Å²) in [6.07, 6.45) is 0. The Morgan fingerprint density at radius 3 is 1.95 bits per heavy atom. The molecule has 6 nitrogen and oxygen atoms in total. The lowest BCUT2D eigenvalue weighted by molar-refractivity contribution is -0.158. The third-order valence-corrected chi connectivity index (χ3v) is 2.23. The number of hydrogen-bond acceptors (Lipinski definition) is 4. The Kier molecular flexibility index (Phi) is 6.19. The average Bonchev–Trinajstić information content (AvgIpc) is 2.21. The van der Waals surface area contributed by atoms with Crippen LogP contribution >= 0.6 is 0 Å². The van der Waals surface area contributed by atoms with Crippen molar-refractivity contribution in [2.24, 2.45) is 5.41 Å². The first-order valence-corrected chi connectivity index (χ1v) is 6.63. The van der Waals surface area contributed by atoms with Gasteiger partial charge in [0.15, 0.2) is 0 Å². The molecule has 0 aliphatic heterocycles. The normalized spacial score (nSPS) is 13.3. The molecule has 0 heterocycles. The van der Waals surface area contributed by atoms with Crippen LogP contribution in [-0.4, -0.2) is 36.0 Å². The molecule has 0 bridgehead atoms. The summed E-state index contributed by atoms with van der Waals surface area (Å²) in [6.45, 7) is 11.9. The second-order valence-electron chi connectivity index (χ2n) is 6.76. The predicted octanol–water partition coefficient (Wildman–Crippen LogP) is 0.995. The second kappa shape index (κ2) is 6.72. The van der Waals surface area contributed by atoms with Crippen LogP contribution in [0.15, 0.2) is 0 Å². The summed E-state index contributed by atoms with van der Waals surface area (Å²) in [4.78, 5) is 34.9. The Bertz CT molecular complexity index is 378. The molecule has 0 aromatic rings. The van der Waals surface area contributed by atoms with E-state index in [0.717, 1.165) is 0 Å². The summed E-state index contributed by atoms with van der Waals surface area (Å²) in [5, 5.41) is 4.99. The highest BCUT2D eigenvalue weighted by Gasteiger charge is 2.24. The van der Waals surface area contributed by atoms with Gasteiger partial charge in [0.1, 0.15) is 11.6 Å². The standard InChI is InChI=1S/C14H26N2O4/c1-9(11(18)20-14(5,6)7)16-10(17)8-15-12(19)13(2,3)4/h9H,8H2,1-7H3,(H,15,19)(H,16,17)/t9-/m0/s1. The first-order valence-electron chi connectivity index (χ1n) is 6.63. The number of carbonyl (C=O) groups excluding carboxylic acids is 3. The first kappa shape index (κ1) is 18.4. The van der Waals surface area contributed by atoms with Gasteiger partial charge in [0.2, 0.25) is 11.8 Å². The van der Waals surface area contributed by atoms with E-state index in [1.807, 2.05) is 0 Å². The van der Waals surface area contributed by atoms with Gasteiger partial charge < -0.3 is 15.4 Å². The molecule has 0 unspecified atom stereocenters. The highest BCUT2D eigenvalue weighted by Crippen LogP contribution is 2.12. The molecule has 0 aliphatic carbocycles. The maximum atomic E-state index is 11.7. The molecule has 0 radical (unpaired) electrons. The minimum Gasteiger partial charge on any atom is -0.458 e. The molecule has 1 atom stereocenters. The van der Waals surface area contributed by atoms with Crippen molar-refractivity contribution in [1.82, 2.24) is 10.6 Å². The zero-order valence-electron chi connectivity index (χ0n) is 13.4. The van der Waals surface area contributed by atoms with Crippen molar-refractivity contribution in [3.8, 4) is 0 Å². The monoisotopic (exact) mass is 286 g/mol. The van der Waals surface area contributed by atoms with Crippen LogP contribution in [-0.2, 0) is 19.1 Å². The van der Waals surface area contributed by atoms with E-state index in [0.29, 0.717) is 0 Å². The number of hydrogen-bond donors (Lipinski definition) is 2. The van der Waals surface area contributed by atoms with Gasteiger partial charge in [-0.25, -0.2) is 4.79 Å². The fraction of sp³-hybridized carbons (Fsp3) is 0.786. The lowest BCUT2D eigenvalue weighted by Crippen LogP contribution is -2.47. The Balaban J connectivity index is 4.22. The number of ether oxygens (including phenoxy) is 1. The van der Waals surface area contributed by atoms with Crippen molar-refractivity contribution < 1.29 is 19.1 Å². The van der Waals surface area contributed by atoms with Crippen molar-refractivity contribution >= 4 is 17.8 Å². The van der Waals surface area contributed by atoms with E-state index in [-0.39, 0.29) is 12.5 Å². The topological polar surface area (TPSA) is 84.5 Å². The Labute approximate surface area is 120 Å². The molecule has 0 aromatic heterocycles. The van der Waals surface area contributed by atoms with Crippen molar-refractivity contribution in [2.75, 3.05) is 6.54 Å². The Hall–Kier alpha value is -1.59. The Morgan fingerprint density at radius 1 is 1.05 bits per heavy atom. The van der Waals surface area contributed by atoms with E-state index in [9.17, 15) is 14.4 Å². The van der Waals surface area contributed by atoms with Crippen LogP contribution in [0.2, 0.25) is 0 Å².